The minimum absolute atomic E-state index is 0.0271. The lowest BCUT2D eigenvalue weighted by Gasteiger charge is -2.30. The first kappa shape index (κ1) is 22.3. The van der Waals surface area contributed by atoms with Crippen LogP contribution in [0, 0.1) is 5.92 Å². The van der Waals surface area contributed by atoms with Crippen LogP contribution in [0.2, 0.25) is 0 Å². The van der Waals surface area contributed by atoms with Gasteiger partial charge in [-0.3, -0.25) is 9.59 Å². The number of piperidine rings is 1. The molecule has 2 amide bonds. The summed E-state index contributed by atoms with van der Waals surface area (Å²) < 4.78 is 27.0. The second kappa shape index (κ2) is 10.5. The van der Waals surface area contributed by atoms with Gasteiger partial charge in [0.2, 0.25) is 21.8 Å². The molecule has 1 aromatic rings. The second-order valence-corrected chi connectivity index (χ2v) is 8.90. The van der Waals surface area contributed by atoms with E-state index >= 15 is 0 Å². The van der Waals surface area contributed by atoms with Crippen molar-refractivity contribution in [2.45, 2.75) is 43.9 Å². The summed E-state index contributed by atoms with van der Waals surface area (Å²) in [4.78, 5) is 23.5. The summed E-state index contributed by atoms with van der Waals surface area (Å²) in [5.74, 6) is -0.420. The van der Waals surface area contributed by atoms with E-state index in [-0.39, 0.29) is 29.2 Å². The number of aliphatic hydroxyl groups excluding tert-OH is 1. The fraction of sp³-hybridized carbons (Fsp3) is 0.579. The molecule has 0 radical (unpaired) electrons. The first-order chi connectivity index (χ1) is 13.3. The minimum atomic E-state index is -3.62. The predicted molar refractivity (Wildman–Crippen MR) is 106 cm³/mol. The SMILES string of the molecule is CC(=O)Nc1ccc(S(=O)(=O)N2CCC(C(=O)NCCCCCO)CC2)cc1. The van der Waals surface area contributed by atoms with Crippen molar-refractivity contribution in [1.29, 1.82) is 0 Å². The molecular weight excluding hydrogens is 382 g/mol. The van der Waals surface area contributed by atoms with Crippen molar-refractivity contribution in [3.8, 4) is 0 Å². The molecule has 1 aliphatic heterocycles. The van der Waals surface area contributed by atoms with Crippen LogP contribution in [0.25, 0.3) is 0 Å². The fourth-order valence-corrected chi connectivity index (χ4v) is 4.66. The third kappa shape index (κ3) is 6.29. The standard InChI is InChI=1S/C19H29N3O5S/c1-15(24)21-17-5-7-18(8-6-17)28(26,27)22-12-9-16(10-13-22)19(25)20-11-3-2-4-14-23/h5-8,16,23H,2-4,9-14H2,1H3,(H,20,25)(H,21,24). The molecule has 9 heteroatoms. The van der Waals surface area contributed by atoms with E-state index in [9.17, 15) is 18.0 Å². The van der Waals surface area contributed by atoms with E-state index in [1.54, 1.807) is 12.1 Å². The van der Waals surface area contributed by atoms with Crippen LogP contribution in [0.5, 0.6) is 0 Å². The lowest BCUT2D eigenvalue weighted by Crippen LogP contribution is -2.43. The molecular formula is C19H29N3O5S. The van der Waals surface area contributed by atoms with Gasteiger partial charge in [-0.05, 0) is 56.4 Å². The van der Waals surface area contributed by atoms with Crippen molar-refractivity contribution in [1.82, 2.24) is 9.62 Å². The molecule has 0 atom stereocenters. The Morgan fingerprint density at radius 1 is 1.11 bits per heavy atom. The zero-order valence-electron chi connectivity index (χ0n) is 16.2. The van der Waals surface area contributed by atoms with Gasteiger partial charge in [0.25, 0.3) is 0 Å². The number of benzene rings is 1. The highest BCUT2D eigenvalue weighted by molar-refractivity contribution is 7.89. The van der Waals surface area contributed by atoms with Gasteiger partial charge in [-0.1, -0.05) is 0 Å². The Balaban J connectivity index is 1.85. The Morgan fingerprint density at radius 3 is 2.32 bits per heavy atom. The minimum Gasteiger partial charge on any atom is -0.396 e. The molecule has 1 saturated heterocycles. The summed E-state index contributed by atoms with van der Waals surface area (Å²) in [6, 6.07) is 6.08. The van der Waals surface area contributed by atoms with Gasteiger partial charge >= 0.3 is 0 Å². The van der Waals surface area contributed by atoms with Crippen molar-refractivity contribution in [3.05, 3.63) is 24.3 Å². The lowest BCUT2D eigenvalue weighted by atomic mass is 9.97. The molecule has 0 bridgehead atoms. The van der Waals surface area contributed by atoms with Crippen LogP contribution in [-0.2, 0) is 19.6 Å². The van der Waals surface area contributed by atoms with Gasteiger partial charge in [0.15, 0.2) is 0 Å². The Kier molecular flexibility index (Phi) is 8.40. The van der Waals surface area contributed by atoms with Crippen molar-refractivity contribution in [2.24, 2.45) is 5.92 Å². The second-order valence-electron chi connectivity index (χ2n) is 6.96. The Hall–Kier alpha value is -1.97. The van der Waals surface area contributed by atoms with Gasteiger partial charge in [-0.25, -0.2) is 8.42 Å². The van der Waals surface area contributed by atoms with Crippen LogP contribution in [0.15, 0.2) is 29.2 Å². The van der Waals surface area contributed by atoms with Gasteiger partial charge in [0.1, 0.15) is 0 Å². The van der Waals surface area contributed by atoms with Crippen molar-refractivity contribution in [2.75, 3.05) is 31.6 Å². The van der Waals surface area contributed by atoms with E-state index in [1.807, 2.05) is 0 Å². The fourth-order valence-electron chi connectivity index (χ4n) is 3.19. The molecule has 8 nitrogen and oxygen atoms in total. The van der Waals surface area contributed by atoms with Gasteiger partial charge in [-0.2, -0.15) is 4.31 Å². The zero-order valence-corrected chi connectivity index (χ0v) is 17.0. The van der Waals surface area contributed by atoms with Crippen LogP contribution in [-0.4, -0.2) is 55.9 Å². The molecule has 0 aromatic heterocycles. The Bertz CT molecular complexity index is 756. The average Bonchev–Trinajstić information content (AvgIpc) is 2.68. The summed E-state index contributed by atoms with van der Waals surface area (Å²) in [5.41, 5.74) is 0.542. The smallest absolute Gasteiger partial charge is 0.243 e. The van der Waals surface area contributed by atoms with Gasteiger partial charge in [-0.15, -0.1) is 0 Å². The number of hydrogen-bond acceptors (Lipinski definition) is 5. The maximum absolute atomic E-state index is 12.8. The zero-order chi connectivity index (χ0) is 20.6. The van der Waals surface area contributed by atoms with Crippen LogP contribution >= 0.6 is 0 Å². The molecule has 0 unspecified atom stereocenters. The number of carbonyl (C=O) groups is 2. The molecule has 2 rings (SSSR count). The highest BCUT2D eigenvalue weighted by atomic mass is 32.2. The molecule has 1 aromatic carbocycles. The van der Waals surface area contributed by atoms with Crippen LogP contribution < -0.4 is 10.6 Å². The monoisotopic (exact) mass is 411 g/mol. The normalized spacial score (nSPS) is 15.9. The molecule has 156 valence electrons. The predicted octanol–water partition coefficient (Wildman–Crippen LogP) is 1.32. The summed E-state index contributed by atoms with van der Waals surface area (Å²) in [5, 5.41) is 14.2. The van der Waals surface area contributed by atoms with Crippen LogP contribution in [0.1, 0.15) is 39.0 Å². The number of rotatable bonds is 9. The first-order valence-electron chi connectivity index (χ1n) is 9.61. The maximum Gasteiger partial charge on any atom is 0.243 e. The van der Waals surface area contributed by atoms with Crippen LogP contribution in [0.4, 0.5) is 5.69 Å². The summed E-state index contributed by atoms with van der Waals surface area (Å²) in [6.45, 7) is 2.74. The third-order valence-corrected chi connectivity index (χ3v) is 6.68. The van der Waals surface area contributed by atoms with Gasteiger partial charge < -0.3 is 15.7 Å². The number of nitrogens with one attached hydrogen (secondary N) is 2. The van der Waals surface area contributed by atoms with Crippen molar-refractivity contribution >= 4 is 27.5 Å². The summed E-state index contributed by atoms with van der Waals surface area (Å²) >= 11 is 0. The lowest BCUT2D eigenvalue weighted by molar-refractivity contribution is -0.126. The number of carbonyl (C=O) groups excluding carboxylic acids is 2. The number of aliphatic hydroxyl groups is 1. The number of hydrogen-bond donors (Lipinski definition) is 3. The third-order valence-electron chi connectivity index (χ3n) is 4.77. The van der Waals surface area contributed by atoms with Crippen molar-refractivity contribution < 1.29 is 23.1 Å². The molecule has 0 aliphatic carbocycles. The number of unbranched alkanes of at least 4 members (excludes halogenated alkanes) is 2. The molecule has 3 N–H and O–H groups in total. The highest BCUT2D eigenvalue weighted by Gasteiger charge is 2.31. The quantitative estimate of drug-likeness (QED) is 0.530. The number of sulfonamides is 1. The molecule has 1 heterocycles. The largest absolute Gasteiger partial charge is 0.396 e. The van der Waals surface area contributed by atoms with Crippen molar-refractivity contribution in [3.63, 3.8) is 0 Å². The number of amides is 2. The van der Waals surface area contributed by atoms with Gasteiger partial charge in [0, 0.05) is 44.8 Å². The van der Waals surface area contributed by atoms with E-state index in [0.717, 1.165) is 19.3 Å². The topological polar surface area (TPSA) is 116 Å². The summed E-state index contributed by atoms with van der Waals surface area (Å²) in [7, 11) is -3.62. The maximum atomic E-state index is 12.8. The van der Waals surface area contributed by atoms with E-state index in [2.05, 4.69) is 10.6 Å². The summed E-state index contributed by atoms with van der Waals surface area (Å²) in [6.07, 6.45) is 3.41. The first-order valence-corrected chi connectivity index (χ1v) is 11.0. The number of nitrogens with zero attached hydrogens (tertiary/aromatic N) is 1. The molecule has 1 aliphatic rings. The molecule has 0 spiro atoms. The molecule has 28 heavy (non-hydrogen) atoms. The van der Waals surface area contributed by atoms with E-state index < -0.39 is 10.0 Å². The van der Waals surface area contributed by atoms with E-state index in [1.165, 1.54) is 23.4 Å². The van der Waals surface area contributed by atoms with Gasteiger partial charge in [0.05, 0.1) is 4.90 Å². The molecule has 1 fully saturated rings. The number of anilines is 1. The van der Waals surface area contributed by atoms with E-state index in [0.29, 0.717) is 38.2 Å². The Labute approximate surface area is 166 Å². The van der Waals surface area contributed by atoms with Crippen LogP contribution in [0.3, 0.4) is 0 Å². The Morgan fingerprint density at radius 2 is 1.75 bits per heavy atom. The highest BCUT2D eigenvalue weighted by Crippen LogP contribution is 2.25. The van der Waals surface area contributed by atoms with E-state index in [4.69, 9.17) is 5.11 Å². The molecule has 0 saturated carbocycles. The average molecular weight is 412 g/mol.